The molecule has 1 aliphatic rings. The van der Waals surface area contributed by atoms with Crippen LogP contribution in [0.2, 0.25) is 5.02 Å². The van der Waals surface area contributed by atoms with Gasteiger partial charge in [0.05, 0.1) is 11.1 Å². The van der Waals surface area contributed by atoms with Crippen LogP contribution in [0.15, 0.2) is 30.5 Å². The molecule has 1 fully saturated rings. The predicted octanol–water partition coefficient (Wildman–Crippen LogP) is 3.51. The van der Waals surface area contributed by atoms with Crippen molar-refractivity contribution in [3.05, 3.63) is 41.0 Å². The second-order valence-corrected chi connectivity index (χ2v) is 5.35. The Hall–Kier alpha value is -1.61. The van der Waals surface area contributed by atoms with Gasteiger partial charge in [0.25, 0.3) is 5.91 Å². The average molecular weight is 275 g/mol. The summed E-state index contributed by atoms with van der Waals surface area (Å²) in [5.74, 6) is 0.0778. The Morgan fingerprint density at radius 2 is 1.95 bits per heavy atom. The fourth-order valence-electron chi connectivity index (χ4n) is 2.50. The number of carbonyl (C=O) groups excluding carboxylic acids is 1. The third-order valence-corrected chi connectivity index (χ3v) is 3.77. The molecule has 19 heavy (non-hydrogen) atoms. The molecule has 0 unspecified atom stereocenters. The molecule has 98 valence electrons. The first-order chi connectivity index (χ1) is 9.24. The van der Waals surface area contributed by atoms with E-state index in [0.717, 1.165) is 36.8 Å². The molecule has 1 aromatic carbocycles. The van der Waals surface area contributed by atoms with Crippen molar-refractivity contribution < 1.29 is 4.79 Å². The van der Waals surface area contributed by atoms with E-state index in [9.17, 15) is 4.79 Å². The maximum absolute atomic E-state index is 12.4. The lowest BCUT2D eigenvalue weighted by Crippen LogP contribution is -2.35. The van der Waals surface area contributed by atoms with Gasteiger partial charge in [0.1, 0.15) is 0 Å². The quantitative estimate of drug-likeness (QED) is 0.797. The fraction of sp³-hybridized carbons (Fsp3) is 0.333. The van der Waals surface area contributed by atoms with Crippen molar-refractivity contribution >= 4 is 28.4 Å². The van der Waals surface area contributed by atoms with Crippen LogP contribution in [0.3, 0.4) is 0 Å². The number of hydrogen-bond donors (Lipinski definition) is 0. The number of pyridine rings is 1. The Morgan fingerprint density at radius 1 is 1.16 bits per heavy atom. The van der Waals surface area contributed by atoms with Gasteiger partial charge in [-0.3, -0.25) is 9.78 Å². The van der Waals surface area contributed by atoms with Gasteiger partial charge < -0.3 is 4.90 Å². The summed E-state index contributed by atoms with van der Waals surface area (Å²) in [4.78, 5) is 18.6. The standard InChI is InChI=1S/C15H15ClN2O/c16-13-4-5-14-11(9-13)8-12(10-17-14)15(19)18-6-2-1-3-7-18/h4-5,8-10H,1-3,6-7H2. The number of aromatic nitrogens is 1. The largest absolute Gasteiger partial charge is 0.339 e. The number of carbonyl (C=O) groups is 1. The van der Waals surface area contributed by atoms with Crippen LogP contribution in [0.5, 0.6) is 0 Å². The Bertz CT molecular complexity index is 621. The Morgan fingerprint density at radius 3 is 2.74 bits per heavy atom. The molecule has 2 aromatic rings. The molecule has 1 aliphatic heterocycles. The van der Waals surface area contributed by atoms with Crippen LogP contribution in [0, 0.1) is 0 Å². The Balaban J connectivity index is 1.93. The summed E-state index contributed by atoms with van der Waals surface area (Å²) in [6.07, 6.45) is 5.07. The molecule has 3 nitrogen and oxygen atoms in total. The van der Waals surface area contributed by atoms with E-state index in [1.165, 1.54) is 6.42 Å². The van der Waals surface area contributed by atoms with E-state index in [1.54, 1.807) is 6.20 Å². The summed E-state index contributed by atoms with van der Waals surface area (Å²) < 4.78 is 0. The third kappa shape index (κ3) is 2.56. The summed E-state index contributed by atoms with van der Waals surface area (Å²) in [6, 6.07) is 7.40. The second kappa shape index (κ2) is 5.17. The smallest absolute Gasteiger partial charge is 0.255 e. The molecule has 0 N–H and O–H groups in total. The highest BCUT2D eigenvalue weighted by Crippen LogP contribution is 2.20. The third-order valence-electron chi connectivity index (χ3n) is 3.53. The molecule has 0 bridgehead atoms. The number of likely N-dealkylation sites (tertiary alicyclic amines) is 1. The first-order valence-corrected chi connectivity index (χ1v) is 6.96. The molecule has 1 saturated heterocycles. The zero-order chi connectivity index (χ0) is 13.2. The molecule has 0 aliphatic carbocycles. The predicted molar refractivity (Wildman–Crippen MR) is 76.5 cm³/mol. The van der Waals surface area contributed by atoms with Crippen molar-refractivity contribution in [3.63, 3.8) is 0 Å². The van der Waals surface area contributed by atoms with Crippen molar-refractivity contribution in [2.24, 2.45) is 0 Å². The number of hydrogen-bond acceptors (Lipinski definition) is 2. The van der Waals surface area contributed by atoms with Crippen molar-refractivity contribution in [1.29, 1.82) is 0 Å². The van der Waals surface area contributed by atoms with Crippen LogP contribution in [-0.2, 0) is 0 Å². The lowest BCUT2D eigenvalue weighted by molar-refractivity contribution is 0.0724. The molecule has 4 heteroatoms. The molecule has 1 amide bonds. The minimum absolute atomic E-state index is 0.0778. The van der Waals surface area contributed by atoms with E-state index >= 15 is 0 Å². The fourth-order valence-corrected chi connectivity index (χ4v) is 2.68. The molecule has 0 spiro atoms. The maximum atomic E-state index is 12.4. The van der Waals surface area contributed by atoms with Crippen molar-refractivity contribution in [2.45, 2.75) is 19.3 Å². The molecule has 2 heterocycles. The summed E-state index contributed by atoms with van der Waals surface area (Å²) in [5, 5.41) is 1.58. The molecule has 0 radical (unpaired) electrons. The number of amides is 1. The normalized spacial score (nSPS) is 15.7. The first-order valence-electron chi connectivity index (χ1n) is 6.59. The van der Waals surface area contributed by atoms with Crippen molar-refractivity contribution in [1.82, 2.24) is 9.88 Å². The SMILES string of the molecule is O=C(c1cnc2ccc(Cl)cc2c1)N1CCCCC1. The Labute approximate surface area is 117 Å². The van der Waals surface area contributed by atoms with Crippen LogP contribution in [0.25, 0.3) is 10.9 Å². The van der Waals surface area contributed by atoms with Gasteiger partial charge in [0, 0.05) is 29.7 Å². The van der Waals surface area contributed by atoms with Crippen LogP contribution >= 0.6 is 11.6 Å². The minimum Gasteiger partial charge on any atom is -0.339 e. The zero-order valence-electron chi connectivity index (χ0n) is 10.6. The van der Waals surface area contributed by atoms with E-state index in [0.29, 0.717) is 10.6 Å². The number of fused-ring (bicyclic) bond motifs is 1. The van der Waals surface area contributed by atoms with Crippen molar-refractivity contribution in [2.75, 3.05) is 13.1 Å². The van der Waals surface area contributed by atoms with Crippen LogP contribution in [0.4, 0.5) is 0 Å². The highest BCUT2D eigenvalue weighted by atomic mass is 35.5. The van der Waals surface area contributed by atoms with Gasteiger partial charge in [0.2, 0.25) is 0 Å². The lowest BCUT2D eigenvalue weighted by atomic mass is 10.1. The minimum atomic E-state index is 0.0778. The molecule has 0 atom stereocenters. The first kappa shape index (κ1) is 12.4. The second-order valence-electron chi connectivity index (χ2n) is 4.91. The number of piperidine rings is 1. The van der Waals surface area contributed by atoms with E-state index in [2.05, 4.69) is 4.98 Å². The Kier molecular flexibility index (Phi) is 3.38. The summed E-state index contributed by atoms with van der Waals surface area (Å²) >= 11 is 5.98. The molecule has 0 saturated carbocycles. The van der Waals surface area contributed by atoms with Gasteiger partial charge in [-0.2, -0.15) is 0 Å². The number of halogens is 1. The van der Waals surface area contributed by atoms with Crippen LogP contribution in [-0.4, -0.2) is 28.9 Å². The van der Waals surface area contributed by atoms with Gasteiger partial charge in [0.15, 0.2) is 0 Å². The molecular weight excluding hydrogens is 260 g/mol. The molecule has 1 aromatic heterocycles. The highest BCUT2D eigenvalue weighted by Gasteiger charge is 2.18. The number of nitrogens with zero attached hydrogens (tertiary/aromatic N) is 2. The van der Waals surface area contributed by atoms with E-state index in [1.807, 2.05) is 29.2 Å². The van der Waals surface area contributed by atoms with E-state index < -0.39 is 0 Å². The van der Waals surface area contributed by atoms with Gasteiger partial charge in [-0.1, -0.05) is 11.6 Å². The van der Waals surface area contributed by atoms with Crippen LogP contribution in [0.1, 0.15) is 29.6 Å². The number of rotatable bonds is 1. The monoisotopic (exact) mass is 274 g/mol. The lowest BCUT2D eigenvalue weighted by Gasteiger charge is -2.26. The summed E-state index contributed by atoms with van der Waals surface area (Å²) in [5.41, 5.74) is 1.51. The van der Waals surface area contributed by atoms with Gasteiger partial charge >= 0.3 is 0 Å². The van der Waals surface area contributed by atoms with Gasteiger partial charge in [-0.05, 0) is 43.5 Å². The zero-order valence-corrected chi connectivity index (χ0v) is 11.4. The summed E-state index contributed by atoms with van der Waals surface area (Å²) in [7, 11) is 0. The highest BCUT2D eigenvalue weighted by molar-refractivity contribution is 6.31. The topological polar surface area (TPSA) is 33.2 Å². The van der Waals surface area contributed by atoms with Crippen molar-refractivity contribution in [3.8, 4) is 0 Å². The molecule has 3 rings (SSSR count). The van der Waals surface area contributed by atoms with Gasteiger partial charge in [-0.15, -0.1) is 0 Å². The van der Waals surface area contributed by atoms with E-state index in [-0.39, 0.29) is 5.91 Å². The maximum Gasteiger partial charge on any atom is 0.255 e. The molecular formula is C15H15ClN2O. The average Bonchev–Trinajstić information content (AvgIpc) is 2.46. The number of benzene rings is 1. The summed E-state index contributed by atoms with van der Waals surface area (Å²) in [6.45, 7) is 1.71. The van der Waals surface area contributed by atoms with E-state index in [4.69, 9.17) is 11.6 Å². The van der Waals surface area contributed by atoms with Gasteiger partial charge in [-0.25, -0.2) is 0 Å². The van der Waals surface area contributed by atoms with Crippen LogP contribution < -0.4 is 0 Å².